The van der Waals surface area contributed by atoms with Crippen molar-refractivity contribution in [3.8, 4) is 5.75 Å². The van der Waals surface area contributed by atoms with Crippen LogP contribution in [0.25, 0.3) is 10.9 Å². The maximum Gasteiger partial charge on any atom is 0.272 e. The fourth-order valence-electron chi connectivity index (χ4n) is 3.90. The summed E-state index contributed by atoms with van der Waals surface area (Å²) in [5.41, 5.74) is 2.30. The van der Waals surface area contributed by atoms with E-state index in [-0.39, 0.29) is 5.91 Å². The Labute approximate surface area is 183 Å². The Balaban J connectivity index is 1.55. The van der Waals surface area contributed by atoms with Crippen LogP contribution in [0.5, 0.6) is 5.75 Å². The lowest BCUT2D eigenvalue weighted by atomic mass is 10.2. The van der Waals surface area contributed by atoms with Gasteiger partial charge in [0.15, 0.2) is 0 Å². The molecule has 7 heteroatoms. The fourth-order valence-corrected chi connectivity index (χ4v) is 3.90. The predicted octanol–water partition coefficient (Wildman–Crippen LogP) is 3.75. The summed E-state index contributed by atoms with van der Waals surface area (Å²) < 4.78 is 8.02. The average molecular weight is 422 g/mol. The lowest BCUT2D eigenvalue weighted by molar-refractivity contribution is 0.101. The molecule has 4 rings (SSSR count). The molecule has 0 bridgehead atoms. The molecule has 1 fully saturated rings. The van der Waals surface area contributed by atoms with Crippen LogP contribution in [0.15, 0.2) is 42.6 Å². The number of piperazine rings is 1. The molecule has 0 aliphatic carbocycles. The van der Waals surface area contributed by atoms with E-state index in [0.29, 0.717) is 30.5 Å². The molecule has 164 valence electrons. The number of amides is 1. The minimum atomic E-state index is -0.149. The van der Waals surface area contributed by atoms with Crippen LogP contribution in [0.2, 0.25) is 0 Å². The molecular weight excluding hydrogens is 390 g/mol. The molecule has 0 spiro atoms. The van der Waals surface area contributed by atoms with E-state index in [4.69, 9.17) is 4.74 Å². The van der Waals surface area contributed by atoms with Crippen molar-refractivity contribution in [3.63, 3.8) is 0 Å². The number of pyridine rings is 1. The second-order valence-electron chi connectivity index (χ2n) is 8.26. The van der Waals surface area contributed by atoms with Crippen LogP contribution in [0, 0.1) is 5.92 Å². The van der Waals surface area contributed by atoms with Crippen LogP contribution in [0.4, 0.5) is 11.5 Å². The maximum absolute atomic E-state index is 13.1. The quantitative estimate of drug-likeness (QED) is 0.608. The number of carbonyl (C=O) groups is 1. The first-order valence-corrected chi connectivity index (χ1v) is 11.0. The smallest absolute Gasteiger partial charge is 0.272 e. The van der Waals surface area contributed by atoms with Crippen LogP contribution in [0.3, 0.4) is 0 Å². The average Bonchev–Trinajstić information content (AvgIpc) is 3.18. The van der Waals surface area contributed by atoms with Crippen LogP contribution >= 0.6 is 0 Å². The number of hydrogen-bond donors (Lipinski definition) is 2. The predicted molar refractivity (Wildman–Crippen MR) is 125 cm³/mol. The highest BCUT2D eigenvalue weighted by atomic mass is 16.5. The van der Waals surface area contributed by atoms with Crippen molar-refractivity contribution in [3.05, 3.63) is 48.3 Å². The van der Waals surface area contributed by atoms with Crippen molar-refractivity contribution in [1.82, 2.24) is 14.9 Å². The number of carbonyl (C=O) groups excluding carboxylic acids is 1. The third-order valence-corrected chi connectivity index (χ3v) is 5.47. The van der Waals surface area contributed by atoms with Gasteiger partial charge >= 0.3 is 0 Å². The van der Waals surface area contributed by atoms with E-state index in [2.05, 4.69) is 34.4 Å². The molecule has 2 N–H and O–H groups in total. The lowest BCUT2D eigenvalue weighted by Crippen LogP contribution is -2.43. The first-order chi connectivity index (χ1) is 15.1. The summed E-state index contributed by atoms with van der Waals surface area (Å²) in [6, 6.07) is 11.8. The van der Waals surface area contributed by atoms with E-state index in [1.54, 1.807) is 6.20 Å². The number of rotatable bonds is 7. The summed E-state index contributed by atoms with van der Waals surface area (Å²) in [4.78, 5) is 19.9. The third kappa shape index (κ3) is 4.66. The highest BCUT2D eigenvalue weighted by molar-refractivity contribution is 6.07. The van der Waals surface area contributed by atoms with Crippen molar-refractivity contribution in [2.45, 2.75) is 27.3 Å². The largest absolute Gasteiger partial charge is 0.493 e. The molecule has 2 aromatic heterocycles. The summed E-state index contributed by atoms with van der Waals surface area (Å²) in [5.74, 6) is 2.04. The summed E-state index contributed by atoms with van der Waals surface area (Å²) in [7, 11) is 0. The summed E-state index contributed by atoms with van der Waals surface area (Å²) in [6.07, 6.45) is 1.73. The molecule has 3 heterocycles. The second kappa shape index (κ2) is 9.39. The topological polar surface area (TPSA) is 71.4 Å². The Morgan fingerprint density at radius 2 is 2.03 bits per heavy atom. The Hall–Kier alpha value is -3.06. The molecule has 1 aromatic carbocycles. The Kier molecular flexibility index (Phi) is 6.42. The minimum Gasteiger partial charge on any atom is -0.493 e. The molecule has 0 atom stereocenters. The molecule has 3 aromatic rings. The molecule has 31 heavy (non-hydrogen) atoms. The van der Waals surface area contributed by atoms with Crippen molar-refractivity contribution >= 4 is 28.3 Å². The number of nitrogens with one attached hydrogen (secondary N) is 2. The molecule has 0 radical (unpaired) electrons. The normalized spacial score (nSPS) is 14.3. The van der Waals surface area contributed by atoms with Crippen LogP contribution < -0.4 is 20.3 Å². The molecule has 1 aliphatic heterocycles. The maximum atomic E-state index is 13.1. The molecular formula is C24H31N5O2. The van der Waals surface area contributed by atoms with Gasteiger partial charge < -0.3 is 24.8 Å². The van der Waals surface area contributed by atoms with E-state index in [1.165, 1.54) is 0 Å². The molecule has 0 unspecified atom stereocenters. The molecule has 0 saturated carbocycles. The zero-order valence-corrected chi connectivity index (χ0v) is 18.5. The highest BCUT2D eigenvalue weighted by Gasteiger charge is 2.18. The van der Waals surface area contributed by atoms with Crippen molar-refractivity contribution in [2.24, 2.45) is 5.92 Å². The molecule has 1 saturated heterocycles. The van der Waals surface area contributed by atoms with Gasteiger partial charge in [0, 0.05) is 38.1 Å². The van der Waals surface area contributed by atoms with Gasteiger partial charge in [-0.25, -0.2) is 4.98 Å². The van der Waals surface area contributed by atoms with Gasteiger partial charge in [-0.1, -0.05) is 19.9 Å². The molecule has 1 aliphatic rings. The fraction of sp³-hybridized carbons (Fsp3) is 0.417. The number of aryl methyl sites for hydroxylation is 1. The standard InChI is InChI=1S/C24H31N5O2/c1-4-29-20-6-5-7-22(31-16-17(2)3)19(20)14-21(29)24(30)27-18-8-9-23(26-15-18)28-12-10-25-11-13-28/h5-9,14-15,17,25H,4,10-13,16H2,1-3H3,(H,27,30). The number of hydrogen-bond acceptors (Lipinski definition) is 5. The lowest BCUT2D eigenvalue weighted by Gasteiger charge is -2.28. The number of fused-ring (bicyclic) bond motifs is 1. The first-order valence-electron chi connectivity index (χ1n) is 11.0. The van der Waals surface area contributed by atoms with Crippen LogP contribution in [-0.2, 0) is 6.54 Å². The highest BCUT2D eigenvalue weighted by Crippen LogP contribution is 2.30. The zero-order valence-electron chi connectivity index (χ0n) is 18.5. The number of benzene rings is 1. The third-order valence-electron chi connectivity index (χ3n) is 5.47. The summed E-state index contributed by atoms with van der Waals surface area (Å²) >= 11 is 0. The zero-order chi connectivity index (χ0) is 21.8. The van der Waals surface area contributed by atoms with Gasteiger partial charge in [0.2, 0.25) is 0 Å². The number of nitrogens with zero attached hydrogens (tertiary/aromatic N) is 3. The van der Waals surface area contributed by atoms with E-state index in [0.717, 1.165) is 48.6 Å². The van der Waals surface area contributed by atoms with Crippen molar-refractivity contribution in [1.29, 1.82) is 0 Å². The number of anilines is 2. The Morgan fingerprint density at radius 1 is 1.23 bits per heavy atom. The molecule has 1 amide bonds. The van der Waals surface area contributed by atoms with Gasteiger partial charge in [-0.15, -0.1) is 0 Å². The van der Waals surface area contributed by atoms with E-state index >= 15 is 0 Å². The first kappa shape index (κ1) is 21.2. The van der Waals surface area contributed by atoms with Gasteiger partial charge in [0.1, 0.15) is 17.3 Å². The Bertz CT molecular complexity index is 1040. The number of aromatic nitrogens is 2. The summed E-state index contributed by atoms with van der Waals surface area (Å²) in [5, 5.41) is 7.30. The number of ether oxygens (including phenoxy) is 1. The molecule has 7 nitrogen and oxygen atoms in total. The summed E-state index contributed by atoms with van der Waals surface area (Å²) in [6.45, 7) is 11.4. The van der Waals surface area contributed by atoms with Gasteiger partial charge in [0.25, 0.3) is 5.91 Å². The van der Waals surface area contributed by atoms with Gasteiger partial charge in [-0.3, -0.25) is 4.79 Å². The van der Waals surface area contributed by atoms with E-state index in [1.807, 2.05) is 47.9 Å². The van der Waals surface area contributed by atoms with Crippen molar-refractivity contribution < 1.29 is 9.53 Å². The van der Waals surface area contributed by atoms with E-state index in [9.17, 15) is 4.79 Å². The van der Waals surface area contributed by atoms with Gasteiger partial charge in [-0.05, 0) is 43.2 Å². The SMILES string of the molecule is CCn1c(C(=O)Nc2ccc(N3CCNCC3)nc2)cc2c(OCC(C)C)cccc21. The van der Waals surface area contributed by atoms with Crippen molar-refractivity contribution in [2.75, 3.05) is 43.0 Å². The van der Waals surface area contributed by atoms with Gasteiger partial charge in [0.05, 0.1) is 24.0 Å². The van der Waals surface area contributed by atoms with Crippen LogP contribution in [-0.4, -0.2) is 48.2 Å². The van der Waals surface area contributed by atoms with Gasteiger partial charge in [-0.2, -0.15) is 0 Å². The minimum absolute atomic E-state index is 0.149. The Morgan fingerprint density at radius 3 is 2.71 bits per heavy atom. The van der Waals surface area contributed by atoms with E-state index < -0.39 is 0 Å². The van der Waals surface area contributed by atoms with Crippen LogP contribution in [0.1, 0.15) is 31.3 Å². The monoisotopic (exact) mass is 421 g/mol. The second-order valence-corrected chi connectivity index (χ2v) is 8.26.